The molecule has 0 radical (unpaired) electrons. The number of hydrogen-bond acceptors (Lipinski definition) is 3. The van der Waals surface area contributed by atoms with Gasteiger partial charge in [-0.3, -0.25) is 0 Å². The Kier molecular flexibility index (Phi) is 5.35. The fourth-order valence-corrected chi connectivity index (χ4v) is 4.03. The Morgan fingerprint density at radius 2 is 1.72 bits per heavy atom. The molecule has 0 aliphatic heterocycles. The van der Waals surface area contributed by atoms with Gasteiger partial charge >= 0.3 is 6.18 Å². The predicted octanol–water partition coefficient (Wildman–Crippen LogP) is 5.21. The zero-order valence-electron chi connectivity index (χ0n) is 16.2. The first-order valence-electron chi connectivity index (χ1n) is 9.19. The molecular formula is C22H15F4N3O2S. The molecule has 1 heterocycles. The maximum absolute atomic E-state index is 13.7. The fraction of sp³-hybridized carbons (Fsp3) is 0.0455. The summed E-state index contributed by atoms with van der Waals surface area (Å²) in [6, 6.07) is 14.1. The van der Waals surface area contributed by atoms with E-state index in [4.69, 9.17) is 5.14 Å². The Morgan fingerprint density at radius 3 is 2.41 bits per heavy atom. The zero-order chi connectivity index (χ0) is 23.1. The Labute approximate surface area is 180 Å². The molecule has 0 saturated carbocycles. The lowest BCUT2D eigenvalue weighted by molar-refractivity contribution is -0.140. The average molecular weight is 461 g/mol. The molecule has 0 bridgehead atoms. The largest absolute Gasteiger partial charge is 0.419 e. The maximum Gasteiger partial charge on any atom is 0.419 e. The summed E-state index contributed by atoms with van der Waals surface area (Å²) in [6.07, 6.45) is -1.83. The molecular weight excluding hydrogens is 446 g/mol. The number of aromatic nitrogens is 2. The minimum absolute atomic E-state index is 0.0108. The van der Waals surface area contributed by atoms with Crippen molar-refractivity contribution < 1.29 is 26.0 Å². The molecule has 0 saturated heterocycles. The van der Waals surface area contributed by atoms with E-state index in [1.54, 1.807) is 36.4 Å². The van der Waals surface area contributed by atoms with E-state index in [0.717, 1.165) is 12.1 Å². The summed E-state index contributed by atoms with van der Waals surface area (Å²) in [7, 11) is -3.92. The number of alkyl halides is 3. The van der Waals surface area contributed by atoms with Gasteiger partial charge in [-0.15, -0.1) is 0 Å². The first-order valence-corrected chi connectivity index (χ1v) is 10.7. The van der Waals surface area contributed by atoms with Gasteiger partial charge in [-0.1, -0.05) is 36.4 Å². The number of nitrogens with one attached hydrogen (secondary N) is 1. The van der Waals surface area contributed by atoms with Gasteiger partial charge in [0.15, 0.2) is 0 Å². The molecule has 0 spiro atoms. The van der Waals surface area contributed by atoms with Gasteiger partial charge in [-0.25, -0.2) is 22.9 Å². The van der Waals surface area contributed by atoms with Crippen LogP contribution in [0.15, 0.2) is 65.6 Å². The number of hydrogen-bond donors (Lipinski definition) is 2. The third-order valence-corrected chi connectivity index (χ3v) is 5.71. The van der Waals surface area contributed by atoms with Crippen molar-refractivity contribution in [3.8, 4) is 11.1 Å². The van der Waals surface area contributed by atoms with Crippen LogP contribution in [0.5, 0.6) is 0 Å². The van der Waals surface area contributed by atoms with Crippen molar-refractivity contribution >= 4 is 33.2 Å². The summed E-state index contributed by atoms with van der Waals surface area (Å²) in [6.45, 7) is 0. The van der Waals surface area contributed by atoms with Gasteiger partial charge in [0.25, 0.3) is 0 Å². The van der Waals surface area contributed by atoms with E-state index in [9.17, 15) is 26.0 Å². The third kappa shape index (κ3) is 4.41. The van der Waals surface area contributed by atoms with Crippen LogP contribution in [-0.2, 0) is 16.2 Å². The molecule has 3 aromatic carbocycles. The number of nitrogens with two attached hydrogens (primary N) is 1. The molecule has 10 heteroatoms. The Hall–Kier alpha value is -3.50. The first-order chi connectivity index (χ1) is 15.0. The molecule has 0 aliphatic rings. The van der Waals surface area contributed by atoms with Gasteiger partial charge in [0.1, 0.15) is 11.6 Å². The standard InChI is InChI=1S/C22H15F4N3O2S/c23-17-11-13(5-8-16(17)22(24,25)26)6-10-21-28-18-9-7-14(12-19(18)29-21)15-3-1-2-4-20(15)32(27,30)31/h1-12H,(H,28,29)(H2,27,30,31)/b10-6+. The first kappa shape index (κ1) is 21.7. The van der Waals surface area contributed by atoms with Crippen LogP contribution in [0.3, 0.4) is 0 Å². The van der Waals surface area contributed by atoms with Gasteiger partial charge in [-0.05, 0) is 47.5 Å². The number of aromatic amines is 1. The summed E-state index contributed by atoms with van der Waals surface area (Å²) < 4.78 is 75.5. The van der Waals surface area contributed by atoms with Crippen molar-refractivity contribution in [2.24, 2.45) is 5.14 Å². The highest BCUT2D eigenvalue weighted by Crippen LogP contribution is 2.32. The topological polar surface area (TPSA) is 88.8 Å². The van der Waals surface area contributed by atoms with Crippen molar-refractivity contribution in [3.05, 3.63) is 83.4 Å². The molecule has 4 aromatic rings. The van der Waals surface area contributed by atoms with Gasteiger partial charge < -0.3 is 4.98 Å². The van der Waals surface area contributed by atoms with Crippen LogP contribution in [0, 0.1) is 5.82 Å². The molecule has 0 fully saturated rings. The summed E-state index contributed by atoms with van der Waals surface area (Å²) in [5.74, 6) is -0.973. The van der Waals surface area contributed by atoms with Crippen molar-refractivity contribution in [2.75, 3.05) is 0 Å². The normalized spacial score (nSPS) is 12.7. The molecule has 5 nitrogen and oxygen atoms in total. The summed E-state index contributed by atoms with van der Waals surface area (Å²) >= 11 is 0. The second-order valence-corrected chi connectivity index (χ2v) is 8.50. The van der Waals surface area contributed by atoms with E-state index in [1.807, 2.05) is 0 Å². The van der Waals surface area contributed by atoms with E-state index in [-0.39, 0.29) is 10.5 Å². The molecule has 164 valence electrons. The fourth-order valence-electron chi connectivity index (χ4n) is 3.27. The van der Waals surface area contributed by atoms with Crippen LogP contribution in [0.2, 0.25) is 0 Å². The monoisotopic (exact) mass is 461 g/mol. The van der Waals surface area contributed by atoms with Crippen molar-refractivity contribution in [2.45, 2.75) is 11.1 Å². The lowest BCUT2D eigenvalue weighted by atomic mass is 10.1. The minimum Gasteiger partial charge on any atom is -0.338 e. The lowest BCUT2D eigenvalue weighted by Crippen LogP contribution is -2.13. The summed E-state index contributed by atoms with van der Waals surface area (Å²) in [4.78, 5) is 7.38. The lowest BCUT2D eigenvalue weighted by Gasteiger charge is -2.07. The Bertz CT molecular complexity index is 1460. The van der Waals surface area contributed by atoms with Crippen molar-refractivity contribution in [3.63, 3.8) is 0 Å². The SMILES string of the molecule is NS(=O)(=O)c1ccccc1-c1ccc2nc(/C=C/c3ccc(C(F)(F)F)c(F)c3)[nH]c2c1. The Balaban J connectivity index is 1.66. The molecule has 32 heavy (non-hydrogen) atoms. The second kappa shape index (κ2) is 7.88. The summed E-state index contributed by atoms with van der Waals surface area (Å²) in [5, 5.41) is 5.30. The number of H-pyrrole nitrogens is 1. The number of primary sulfonamides is 1. The molecule has 1 aromatic heterocycles. The molecule has 0 unspecified atom stereocenters. The van der Waals surface area contributed by atoms with Gasteiger partial charge in [0.2, 0.25) is 10.0 Å². The van der Waals surface area contributed by atoms with E-state index >= 15 is 0 Å². The van der Waals surface area contributed by atoms with Gasteiger partial charge in [-0.2, -0.15) is 13.2 Å². The van der Waals surface area contributed by atoms with E-state index in [2.05, 4.69) is 9.97 Å². The molecule has 0 aliphatic carbocycles. The zero-order valence-corrected chi connectivity index (χ0v) is 17.0. The molecule has 0 atom stereocenters. The summed E-state index contributed by atoms with van der Waals surface area (Å²) in [5.41, 5.74) is 1.13. The second-order valence-electron chi connectivity index (χ2n) is 6.97. The van der Waals surface area contributed by atoms with E-state index < -0.39 is 27.6 Å². The van der Waals surface area contributed by atoms with E-state index in [1.165, 1.54) is 18.2 Å². The molecule has 0 amide bonds. The van der Waals surface area contributed by atoms with Crippen LogP contribution >= 0.6 is 0 Å². The number of nitrogens with zero attached hydrogens (tertiary/aromatic N) is 1. The highest BCUT2D eigenvalue weighted by atomic mass is 32.2. The van der Waals surface area contributed by atoms with Crippen molar-refractivity contribution in [1.29, 1.82) is 0 Å². The van der Waals surface area contributed by atoms with Crippen LogP contribution in [0.1, 0.15) is 17.0 Å². The minimum atomic E-state index is -4.76. The highest BCUT2D eigenvalue weighted by Gasteiger charge is 2.33. The van der Waals surface area contributed by atoms with Crippen LogP contribution in [0.25, 0.3) is 34.3 Å². The predicted molar refractivity (Wildman–Crippen MR) is 113 cm³/mol. The number of fused-ring (bicyclic) bond motifs is 1. The number of benzene rings is 3. The quantitative estimate of drug-likeness (QED) is 0.409. The number of sulfonamides is 1. The smallest absolute Gasteiger partial charge is 0.338 e. The van der Waals surface area contributed by atoms with Crippen LogP contribution in [-0.4, -0.2) is 18.4 Å². The number of imidazole rings is 1. The van der Waals surface area contributed by atoms with E-state index in [0.29, 0.717) is 34.1 Å². The van der Waals surface area contributed by atoms with Gasteiger partial charge in [0, 0.05) is 5.56 Å². The highest BCUT2D eigenvalue weighted by molar-refractivity contribution is 7.89. The average Bonchev–Trinajstić information content (AvgIpc) is 3.13. The Morgan fingerprint density at radius 1 is 0.969 bits per heavy atom. The van der Waals surface area contributed by atoms with Gasteiger partial charge in [0.05, 0.1) is 21.5 Å². The maximum atomic E-state index is 13.7. The number of rotatable bonds is 4. The molecule has 3 N–H and O–H groups in total. The van der Waals surface area contributed by atoms with Crippen molar-refractivity contribution in [1.82, 2.24) is 9.97 Å². The van der Waals surface area contributed by atoms with Crippen LogP contribution < -0.4 is 5.14 Å². The van der Waals surface area contributed by atoms with Crippen LogP contribution in [0.4, 0.5) is 17.6 Å². The number of halogens is 4. The molecule has 4 rings (SSSR count). The third-order valence-electron chi connectivity index (χ3n) is 4.74.